The zero-order valence-electron chi connectivity index (χ0n) is 8.56. The average molecular weight is 196 g/mol. The first kappa shape index (κ1) is 12.6. The Hall–Kier alpha value is -1.38. The normalized spacial score (nSPS) is 14.3. The van der Waals surface area contributed by atoms with E-state index in [0.717, 1.165) is 30.8 Å². The van der Waals surface area contributed by atoms with Gasteiger partial charge in [0.15, 0.2) is 0 Å². The number of aliphatic carboxylic acids is 1. The third-order valence-electron chi connectivity index (χ3n) is 1.81. The monoisotopic (exact) mass is 196 g/mol. The number of aldehydes is 1. The van der Waals surface area contributed by atoms with Crippen LogP contribution in [0.15, 0.2) is 23.8 Å². The lowest BCUT2D eigenvalue weighted by atomic mass is 10.1. The molecule has 78 valence electrons. The van der Waals surface area contributed by atoms with Crippen molar-refractivity contribution in [1.82, 2.24) is 0 Å². The first-order valence-corrected chi connectivity index (χ1v) is 4.59. The molecule has 0 aromatic rings. The average Bonchev–Trinajstić information content (AvgIpc) is 2.14. The molecule has 0 aliphatic rings. The number of hydrogen-bond donors (Lipinski definition) is 1. The first-order valence-electron chi connectivity index (χ1n) is 4.59. The molecule has 1 atom stereocenters. The molecule has 0 saturated carbocycles. The fourth-order valence-corrected chi connectivity index (χ4v) is 0.913. The minimum atomic E-state index is -0.945. The van der Waals surface area contributed by atoms with Crippen molar-refractivity contribution in [1.29, 1.82) is 0 Å². The van der Waals surface area contributed by atoms with Crippen LogP contribution in [0.2, 0.25) is 0 Å². The van der Waals surface area contributed by atoms with E-state index in [1.807, 2.05) is 19.9 Å². The van der Waals surface area contributed by atoms with Crippen molar-refractivity contribution < 1.29 is 14.7 Å². The van der Waals surface area contributed by atoms with E-state index in [1.54, 1.807) is 6.08 Å². The maximum atomic E-state index is 10.3. The molecule has 1 N–H and O–H groups in total. The van der Waals surface area contributed by atoms with Crippen molar-refractivity contribution >= 4 is 12.3 Å². The Morgan fingerprint density at radius 2 is 2.07 bits per heavy atom. The second-order valence-electron chi connectivity index (χ2n) is 3.31. The summed E-state index contributed by atoms with van der Waals surface area (Å²) in [6, 6.07) is 0. The van der Waals surface area contributed by atoms with Gasteiger partial charge in [0.05, 0.1) is 0 Å². The molecule has 3 nitrogen and oxygen atoms in total. The number of carboxylic acid groups (broad SMARTS) is 1. The number of rotatable bonds is 6. The van der Waals surface area contributed by atoms with Crippen molar-refractivity contribution in [2.75, 3.05) is 0 Å². The van der Waals surface area contributed by atoms with Gasteiger partial charge in [-0.15, -0.1) is 0 Å². The molecule has 0 aromatic heterocycles. The molecule has 0 fully saturated rings. The molecule has 0 aliphatic heterocycles. The van der Waals surface area contributed by atoms with Crippen LogP contribution in [-0.4, -0.2) is 17.4 Å². The summed E-state index contributed by atoms with van der Waals surface area (Å²) in [5, 5.41) is 8.35. The summed E-state index contributed by atoms with van der Waals surface area (Å²) < 4.78 is 0. The Morgan fingerprint density at radius 3 is 2.57 bits per heavy atom. The molecular formula is C11H16O3. The fraction of sp³-hybridized carbons (Fsp3) is 0.455. The Kier molecular flexibility index (Phi) is 6.37. The third kappa shape index (κ3) is 7.28. The van der Waals surface area contributed by atoms with Crippen LogP contribution in [0.25, 0.3) is 0 Å². The molecule has 0 aliphatic carbocycles. The van der Waals surface area contributed by atoms with E-state index in [2.05, 4.69) is 0 Å². The predicted molar refractivity (Wildman–Crippen MR) is 55.0 cm³/mol. The number of carbonyl (C=O) groups is 2. The molecule has 0 amide bonds. The van der Waals surface area contributed by atoms with Gasteiger partial charge in [0, 0.05) is 12.0 Å². The molecule has 0 radical (unpaired) electrons. The maximum Gasteiger partial charge on any atom is 0.328 e. The smallest absolute Gasteiger partial charge is 0.328 e. The number of allylic oxidation sites excluding steroid dienone is 3. The highest BCUT2D eigenvalue weighted by Crippen LogP contribution is 2.05. The fourth-order valence-electron chi connectivity index (χ4n) is 0.913. The molecule has 0 spiro atoms. The van der Waals surface area contributed by atoms with E-state index < -0.39 is 5.97 Å². The predicted octanol–water partition coefficient (Wildman–Crippen LogP) is 2.19. The molecule has 0 heterocycles. The molecule has 3 heteroatoms. The molecular weight excluding hydrogens is 180 g/mol. The summed E-state index contributed by atoms with van der Waals surface area (Å²) in [6.45, 7) is 3.70. The van der Waals surface area contributed by atoms with Gasteiger partial charge in [-0.25, -0.2) is 4.79 Å². The Bertz CT molecular complexity index is 251. The largest absolute Gasteiger partial charge is 0.478 e. The van der Waals surface area contributed by atoms with Crippen molar-refractivity contribution in [3.63, 3.8) is 0 Å². The number of carboxylic acids is 1. The quantitative estimate of drug-likeness (QED) is 0.402. The Balaban J connectivity index is 3.88. The highest BCUT2D eigenvalue weighted by Gasteiger charge is 1.96. The molecule has 14 heavy (non-hydrogen) atoms. The van der Waals surface area contributed by atoms with Crippen molar-refractivity contribution in [3.05, 3.63) is 23.8 Å². The highest BCUT2D eigenvalue weighted by atomic mass is 16.4. The van der Waals surface area contributed by atoms with Crippen LogP contribution in [0.5, 0.6) is 0 Å². The molecule has 0 saturated heterocycles. The topological polar surface area (TPSA) is 54.4 Å². The lowest BCUT2D eigenvalue weighted by molar-refractivity contribution is -0.131. The van der Waals surface area contributed by atoms with Gasteiger partial charge in [-0.1, -0.05) is 24.6 Å². The van der Waals surface area contributed by atoms with Gasteiger partial charge >= 0.3 is 5.97 Å². The summed E-state index contributed by atoms with van der Waals surface area (Å²) in [5.74, 6) is -0.874. The van der Waals surface area contributed by atoms with Gasteiger partial charge in [-0.3, -0.25) is 0 Å². The van der Waals surface area contributed by atoms with Gasteiger partial charge in [-0.05, 0) is 19.8 Å². The zero-order chi connectivity index (χ0) is 11.0. The van der Waals surface area contributed by atoms with E-state index in [9.17, 15) is 9.59 Å². The maximum absolute atomic E-state index is 10.3. The van der Waals surface area contributed by atoms with Crippen molar-refractivity contribution in [3.8, 4) is 0 Å². The van der Waals surface area contributed by atoms with Crippen LogP contribution in [0.1, 0.15) is 26.7 Å². The van der Waals surface area contributed by atoms with Crippen LogP contribution < -0.4 is 0 Å². The van der Waals surface area contributed by atoms with Crippen LogP contribution in [-0.2, 0) is 9.59 Å². The van der Waals surface area contributed by atoms with Crippen molar-refractivity contribution in [2.45, 2.75) is 26.7 Å². The summed E-state index contributed by atoms with van der Waals surface area (Å²) in [7, 11) is 0. The van der Waals surface area contributed by atoms with Crippen LogP contribution >= 0.6 is 0 Å². The van der Waals surface area contributed by atoms with E-state index in [-0.39, 0.29) is 5.92 Å². The van der Waals surface area contributed by atoms with Gasteiger partial charge in [0.1, 0.15) is 6.29 Å². The second kappa shape index (κ2) is 7.06. The zero-order valence-corrected chi connectivity index (χ0v) is 8.56. The summed E-state index contributed by atoms with van der Waals surface area (Å²) in [5.41, 5.74) is 0.908. The number of hydrogen-bond acceptors (Lipinski definition) is 2. The Labute approximate surface area is 84.1 Å². The SMILES string of the molecule is CC(C=CC(=O)O)=CCCC(C)C=O. The van der Waals surface area contributed by atoms with Crippen LogP contribution in [0, 0.1) is 5.92 Å². The third-order valence-corrected chi connectivity index (χ3v) is 1.81. The standard InChI is InChI=1S/C11H16O3/c1-9(6-7-11(13)14)4-3-5-10(2)8-12/h4,6-8,10H,3,5H2,1-2H3,(H,13,14). The summed E-state index contributed by atoms with van der Waals surface area (Å²) in [6.07, 6.45) is 7.12. The van der Waals surface area contributed by atoms with Gasteiger partial charge in [0.25, 0.3) is 0 Å². The minimum absolute atomic E-state index is 0.0718. The lowest BCUT2D eigenvalue weighted by Crippen LogP contribution is -1.93. The van der Waals surface area contributed by atoms with Crippen molar-refractivity contribution in [2.24, 2.45) is 5.92 Å². The molecule has 0 bridgehead atoms. The van der Waals surface area contributed by atoms with E-state index >= 15 is 0 Å². The van der Waals surface area contributed by atoms with Crippen LogP contribution in [0.4, 0.5) is 0 Å². The summed E-state index contributed by atoms with van der Waals surface area (Å²) in [4.78, 5) is 20.5. The van der Waals surface area contributed by atoms with Crippen LogP contribution in [0.3, 0.4) is 0 Å². The van der Waals surface area contributed by atoms with Gasteiger partial charge in [-0.2, -0.15) is 0 Å². The molecule has 0 rings (SSSR count). The summed E-state index contributed by atoms with van der Waals surface area (Å²) >= 11 is 0. The van der Waals surface area contributed by atoms with E-state index in [1.165, 1.54) is 0 Å². The number of carbonyl (C=O) groups excluding carboxylic acids is 1. The van der Waals surface area contributed by atoms with E-state index in [0.29, 0.717) is 0 Å². The minimum Gasteiger partial charge on any atom is -0.478 e. The molecule has 1 unspecified atom stereocenters. The van der Waals surface area contributed by atoms with Gasteiger partial charge < -0.3 is 9.90 Å². The second-order valence-corrected chi connectivity index (χ2v) is 3.31. The Morgan fingerprint density at radius 1 is 1.43 bits per heavy atom. The highest BCUT2D eigenvalue weighted by molar-refractivity contribution is 5.80. The van der Waals surface area contributed by atoms with Gasteiger partial charge in [0.2, 0.25) is 0 Å². The lowest BCUT2D eigenvalue weighted by Gasteiger charge is -1.98. The first-order chi connectivity index (χ1) is 6.56. The molecule has 0 aromatic carbocycles. The van der Waals surface area contributed by atoms with E-state index in [4.69, 9.17) is 5.11 Å².